The first-order valence-corrected chi connectivity index (χ1v) is 5.18. The minimum Gasteiger partial charge on any atom is -0.480 e. The molecular weight excluding hydrogens is 194 g/mol. The van der Waals surface area contributed by atoms with Crippen LogP contribution in [-0.4, -0.2) is 23.0 Å². The monoisotopic (exact) mass is 213 g/mol. The predicted octanol–water partition coefficient (Wildman–Crippen LogP) is 1.71. The number of carboxylic acid groups (broad SMARTS) is 1. The SMILES string of the molecule is C=C(C)C(=O)NC(CCCCC)C(=O)O. The smallest absolute Gasteiger partial charge is 0.326 e. The van der Waals surface area contributed by atoms with Gasteiger partial charge >= 0.3 is 5.97 Å². The van der Waals surface area contributed by atoms with Crippen molar-refractivity contribution in [1.82, 2.24) is 5.32 Å². The third kappa shape index (κ3) is 5.88. The lowest BCUT2D eigenvalue weighted by Gasteiger charge is -2.13. The van der Waals surface area contributed by atoms with Gasteiger partial charge in [-0.25, -0.2) is 4.79 Å². The van der Waals surface area contributed by atoms with Crippen LogP contribution in [0.5, 0.6) is 0 Å². The first kappa shape index (κ1) is 13.7. The van der Waals surface area contributed by atoms with Gasteiger partial charge in [0, 0.05) is 5.57 Å². The summed E-state index contributed by atoms with van der Waals surface area (Å²) in [5.74, 6) is -1.38. The van der Waals surface area contributed by atoms with Crippen LogP contribution in [0.25, 0.3) is 0 Å². The molecule has 0 aromatic heterocycles. The van der Waals surface area contributed by atoms with Crippen molar-refractivity contribution in [3.63, 3.8) is 0 Å². The number of hydrogen-bond donors (Lipinski definition) is 2. The highest BCUT2D eigenvalue weighted by atomic mass is 16.4. The van der Waals surface area contributed by atoms with Crippen LogP contribution in [0.15, 0.2) is 12.2 Å². The number of rotatable bonds is 7. The zero-order valence-electron chi connectivity index (χ0n) is 9.38. The summed E-state index contributed by atoms with van der Waals surface area (Å²) in [6.45, 7) is 7.06. The average molecular weight is 213 g/mol. The summed E-state index contributed by atoms with van der Waals surface area (Å²) >= 11 is 0. The van der Waals surface area contributed by atoms with Gasteiger partial charge in [0.1, 0.15) is 6.04 Å². The van der Waals surface area contributed by atoms with E-state index in [0.29, 0.717) is 12.0 Å². The lowest BCUT2D eigenvalue weighted by molar-refractivity contribution is -0.141. The topological polar surface area (TPSA) is 66.4 Å². The molecule has 0 heterocycles. The Bertz CT molecular complexity index is 248. The van der Waals surface area contributed by atoms with Gasteiger partial charge in [-0.15, -0.1) is 0 Å². The quantitative estimate of drug-likeness (QED) is 0.500. The highest BCUT2D eigenvalue weighted by Crippen LogP contribution is 2.04. The van der Waals surface area contributed by atoms with Gasteiger partial charge in [-0.05, 0) is 13.3 Å². The van der Waals surface area contributed by atoms with Gasteiger partial charge in [0.25, 0.3) is 0 Å². The molecule has 1 atom stereocenters. The van der Waals surface area contributed by atoms with Crippen LogP contribution in [0.4, 0.5) is 0 Å². The first-order valence-electron chi connectivity index (χ1n) is 5.18. The normalized spacial score (nSPS) is 11.9. The summed E-state index contributed by atoms with van der Waals surface area (Å²) in [7, 11) is 0. The van der Waals surface area contributed by atoms with Gasteiger partial charge in [-0.1, -0.05) is 32.8 Å². The van der Waals surface area contributed by atoms with Crippen molar-refractivity contribution in [2.75, 3.05) is 0 Å². The molecule has 0 aromatic carbocycles. The molecular formula is C11H19NO3. The average Bonchev–Trinajstić information content (AvgIpc) is 2.15. The standard InChI is InChI=1S/C11H19NO3/c1-4-5-6-7-9(11(14)15)12-10(13)8(2)3/h9H,2,4-7H2,1,3H3,(H,12,13)(H,14,15). The van der Waals surface area contributed by atoms with Crippen LogP contribution in [-0.2, 0) is 9.59 Å². The fourth-order valence-corrected chi connectivity index (χ4v) is 1.14. The van der Waals surface area contributed by atoms with E-state index in [9.17, 15) is 9.59 Å². The lowest BCUT2D eigenvalue weighted by atomic mass is 10.1. The van der Waals surface area contributed by atoms with Gasteiger partial charge in [0.2, 0.25) is 5.91 Å². The van der Waals surface area contributed by atoms with E-state index in [0.717, 1.165) is 19.3 Å². The highest BCUT2D eigenvalue weighted by Gasteiger charge is 2.19. The molecule has 0 bridgehead atoms. The Morgan fingerprint density at radius 3 is 2.40 bits per heavy atom. The Balaban J connectivity index is 4.10. The number of nitrogens with one attached hydrogen (secondary N) is 1. The minimum absolute atomic E-state index is 0.330. The van der Waals surface area contributed by atoms with Gasteiger partial charge < -0.3 is 10.4 Å². The summed E-state index contributed by atoms with van der Waals surface area (Å²) in [6.07, 6.45) is 3.29. The molecule has 0 rings (SSSR count). The molecule has 15 heavy (non-hydrogen) atoms. The van der Waals surface area contributed by atoms with Crippen LogP contribution < -0.4 is 5.32 Å². The Kier molecular flexibility index (Phi) is 6.42. The second kappa shape index (κ2) is 7.04. The zero-order chi connectivity index (χ0) is 11.8. The number of unbranched alkanes of at least 4 members (excludes halogenated alkanes) is 2. The van der Waals surface area contributed by atoms with E-state index in [1.54, 1.807) is 6.92 Å². The highest BCUT2D eigenvalue weighted by molar-refractivity contribution is 5.94. The number of amides is 1. The number of carbonyl (C=O) groups is 2. The van der Waals surface area contributed by atoms with Crippen LogP contribution >= 0.6 is 0 Å². The molecule has 0 fully saturated rings. The van der Waals surface area contributed by atoms with Gasteiger partial charge in [-0.2, -0.15) is 0 Å². The molecule has 0 spiro atoms. The number of hydrogen-bond acceptors (Lipinski definition) is 2. The van der Waals surface area contributed by atoms with E-state index >= 15 is 0 Å². The Morgan fingerprint density at radius 1 is 1.40 bits per heavy atom. The maximum Gasteiger partial charge on any atom is 0.326 e. The van der Waals surface area contributed by atoms with Crippen LogP contribution in [0.2, 0.25) is 0 Å². The molecule has 0 saturated carbocycles. The van der Waals surface area contributed by atoms with E-state index in [1.165, 1.54) is 0 Å². The maximum atomic E-state index is 11.2. The van der Waals surface area contributed by atoms with Gasteiger partial charge in [0.05, 0.1) is 0 Å². The van der Waals surface area contributed by atoms with Crippen molar-refractivity contribution in [3.05, 3.63) is 12.2 Å². The van der Waals surface area contributed by atoms with Crippen molar-refractivity contribution >= 4 is 11.9 Å². The van der Waals surface area contributed by atoms with Crippen LogP contribution in [0.1, 0.15) is 39.5 Å². The van der Waals surface area contributed by atoms with Crippen molar-refractivity contribution < 1.29 is 14.7 Å². The van der Waals surface area contributed by atoms with Crippen molar-refractivity contribution in [2.24, 2.45) is 0 Å². The van der Waals surface area contributed by atoms with Crippen molar-refractivity contribution in [1.29, 1.82) is 0 Å². The molecule has 0 aliphatic rings. The van der Waals surface area contributed by atoms with E-state index in [4.69, 9.17) is 5.11 Å². The summed E-state index contributed by atoms with van der Waals surface area (Å²) < 4.78 is 0. The molecule has 4 nitrogen and oxygen atoms in total. The third-order valence-corrected chi connectivity index (χ3v) is 2.09. The molecule has 1 unspecified atom stereocenters. The predicted molar refractivity (Wildman–Crippen MR) is 58.5 cm³/mol. The molecule has 0 saturated heterocycles. The second-order valence-corrected chi connectivity index (χ2v) is 3.64. The van der Waals surface area contributed by atoms with Gasteiger partial charge in [0.15, 0.2) is 0 Å². The molecule has 0 aliphatic heterocycles. The summed E-state index contributed by atoms with van der Waals surface area (Å²) in [4.78, 5) is 22.0. The van der Waals surface area contributed by atoms with Crippen LogP contribution in [0.3, 0.4) is 0 Å². The number of aliphatic carboxylic acids is 1. The largest absolute Gasteiger partial charge is 0.480 e. The third-order valence-electron chi connectivity index (χ3n) is 2.09. The Labute approximate surface area is 90.4 Å². The number of carboxylic acids is 1. The Morgan fingerprint density at radius 2 is 2.00 bits per heavy atom. The lowest BCUT2D eigenvalue weighted by Crippen LogP contribution is -2.40. The molecule has 0 aromatic rings. The van der Waals surface area contributed by atoms with E-state index in [1.807, 2.05) is 6.92 Å². The van der Waals surface area contributed by atoms with E-state index in [2.05, 4.69) is 11.9 Å². The summed E-state index contributed by atoms with van der Waals surface area (Å²) in [6, 6.07) is -0.791. The summed E-state index contributed by atoms with van der Waals surface area (Å²) in [5, 5.41) is 11.3. The van der Waals surface area contributed by atoms with Crippen molar-refractivity contribution in [2.45, 2.75) is 45.6 Å². The minimum atomic E-state index is -0.985. The fourth-order valence-electron chi connectivity index (χ4n) is 1.14. The molecule has 4 heteroatoms. The molecule has 86 valence electrons. The maximum absolute atomic E-state index is 11.2. The first-order chi connectivity index (χ1) is 6.99. The Hall–Kier alpha value is -1.32. The molecule has 0 aliphatic carbocycles. The van der Waals surface area contributed by atoms with Gasteiger partial charge in [-0.3, -0.25) is 4.79 Å². The molecule has 0 radical (unpaired) electrons. The molecule has 2 N–H and O–H groups in total. The van der Waals surface area contributed by atoms with E-state index in [-0.39, 0.29) is 5.91 Å². The second-order valence-electron chi connectivity index (χ2n) is 3.64. The van der Waals surface area contributed by atoms with Crippen LogP contribution in [0, 0.1) is 0 Å². The zero-order valence-corrected chi connectivity index (χ0v) is 9.38. The van der Waals surface area contributed by atoms with Crippen molar-refractivity contribution in [3.8, 4) is 0 Å². The molecule has 1 amide bonds. The number of carbonyl (C=O) groups excluding carboxylic acids is 1. The summed E-state index contributed by atoms with van der Waals surface area (Å²) in [5.41, 5.74) is 0.330. The fraction of sp³-hybridized carbons (Fsp3) is 0.636. The van der Waals surface area contributed by atoms with E-state index < -0.39 is 12.0 Å².